The lowest BCUT2D eigenvalue weighted by Gasteiger charge is -2.02. The lowest BCUT2D eigenvalue weighted by atomic mass is 10.2. The fraction of sp³-hybridized carbons (Fsp3) is 0.100. The van der Waals surface area contributed by atoms with Gasteiger partial charge in [-0.05, 0) is 12.1 Å². The molecule has 0 atom stereocenters. The fourth-order valence-electron chi connectivity index (χ4n) is 2.38. The number of hydrogen-bond donors (Lipinski definition) is 1. The third-order valence-corrected chi connectivity index (χ3v) is 5.43. The van der Waals surface area contributed by atoms with Crippen LogP contribution in [-0.2, 0) is 11.4 Å². The van der Waals surface area contributed by atoms with Crippen LogP contribution in [0.4, 0.5) is 5.13 Å². The van der Waals surface area contributed by atoms with Crippen LogP contribution in [0.15, 0.2) is 72.0 Å². The molecule has 10 heteroatoms. The van der Waals surface area contributed by atoms with Gasteiger partial charge >= 0.3 is 0 Å². The average Bonchev–Trinajstić information content (AvgIpc) is 3.25. The van der Waals surface area contributed by atoms with Crippen molar-refractivity contribution in [2.24, 2.45) is 0 Å². The van der Waals surface area contributed by atoms with Crippen molar-refractivity contribution < 1.29 is 9.53 Å². The lowest BCUT2D eigenvalue weighted by Crippen LogP contribution is -2.14. The second kappa shape index (κ2) is 9.90. The van der Waals surface area contributed by atoms with E-state index in [9.17, 15) is 4.79 Å². The van der Waals surface area contributed by atoms with Gasteiger partial charge in [-0.25, -0.2) is 4.98 Å². The van der Waals surface area contributed by atoms with E-state index in [0.29, 0.717) is 27.6 Å². The van der Waals surface area contributed by atoms with Gasteiger partial charge in [0.15, 0.2) is 5.01 Å². The Labute approximate surface area is 180 Å². The van der Waals surface area contributed by atoms with Gasteiger partial charge in [-0.2, -0.15) is 0 Å². The van der Waals surface area contributed by atoms with Gasteiger partial charge in [0.1, 0.15) is 18.1 Å². The van der Waals surface area contributed by atoms with Crippen LogP contribution in [0.25, 0.3) is 11.3 Å². The molecule has 2 aromatic heterocycles. The highest BCUT2D eigenvalue weighted by atomic mass is 32.2. The smallest absolute Gasteiger partial charge is 0.236 e. The van der Waals surface area contributed by atoms with Crippen molar-refractivity contribution in [3.8, 4) is 17.0 Å². The molecule has 2 heterocycles. The quantitative estimate of drug-likeness (QED) is 0.417. The summed E-state index contributed by atoms with van der Waals surface area (Å²) in [5.74, 6) is 0.672. The van der Waals surface area contributed by atoms with E-state index in [1.807, 2.05) is 60.7 Å². The van der Waals surface area contributed by atoms with E-state index in [1.54, 1.807) is 6.20 Å². The Morgan fingerprint density at radius 2 is 1.73 bits per heavy atom. The number of carbonyl (C=O) groups is 1. The summed E-state index contributed by atoms with van der Waals surface area (Å²) in [6, 6.07) is 19.1. The third kappa shape index (κ3) is 5.58. The molecule has 2 aromatic carbocycles. The van der Waals surface area contributed by atoms with Gasteiger partial charge in [0.2, 0.25) is 16.2 Å². The van der Waals surface area contributed by atoms with E-state index in [4.69, 9.17) is 4.74 Å². The number of aromatic nitrogens is 5. The zero-order valence-electron chi connectivity index (χ0n) is 15.6. The Morgan fingerprint density at radius 3 is 2.47 bits per heavy atom. The van der Waals surface area contributed by atoms with Crippen LogP contribution in [0.5, 0.6) is 5.75 Å². The topological polar surface area (TPSA) is 103 Å². The van der Waals surface area contributed by atoms with Gasteiger partial charge in [-0.15, -0.1) is 20.4 Å². The normalized spacial score (nSPS) is 10.5. The molecule has 8 nitrogen and oxygen atoms in total. The summed E-state index contributed by atoms with van der Waals surface area (Å²) in [7, 11) is 0. The second-order valence-corrected chi connectivity index (χ2v) is 7.94. The molecule has 1 N–H and O–H groups in total. The van der Waals surface area contributed by atoms with Crippen molar-refractivity contribution in [2.45, 2.75) is 11.8 Å². The highest BCUT2D eigenvalue weighted by Gasteiger charge is 2.11. The molecule has 0 fully saturated rings. The van der Waals surface area contributed by atoms with Crippen LogP contribution in [0.3, 0.4) is 0 Å². The highest BCUT2D eigenvalue weighted by molar-refractivity contribution is 7.99. The Kier molecular flexibility index (Phi) is 6.58. The van der Waals surface area contributed by atoms with Crippen molar-refractivity contribution in [2.75, 3.05) is 11.1 Å². The zero-order chi connectivity index (χ0) is 20.6. The van der Waals surface area contributed by atoms with E-state index < -0.39 is 0 Å². The lowest BCUT2D eigenvalue weighted by molar-refractivity contribution is -0.113. The molecule has 0 bridgehead atoms. The summed E-state index contributed by atoms with van der Waals surface area (Å²) in [6.07, 6.45) is 1.65. The number of benzene rings is 2. The van der Waals surface area contributed by atoms with Crippen molar-refractivity contribution in [3.63, 3.8) is 0 Å². The number of anilines is 1. The first-order valence-electron chi connectivity index (χ1n) is 8.94. The number of para-hydroxylation sites is 1. The van der Waals surface area contributed by atoms with Gasteiger partial charge < -0.3 is 4.74 Å². The maximum atomic E-state index is 12.2. The van der Waals surface area contributed by atoms with Gasteiger partial charge in [0, 0.05) is 5.56 Å². The summed E-state index contributed by atoms with van der Waals surface area (Å²) in [6.45, 7) is 0.291. The maximum absolute atomic E-state index is 12.2. The Morgan fingerprint density at radius 1 is 0.967 bits per heavy atom. The van der Waals surface area contributed by atoms with Crippen molar-refractivity contribution in [1.82, 2.24) is 25.4 Å². The fourth-order valence-corrected chi connectivity index (χ4v) is 3.61. The molecule has 0 saturated heterocycles. The van der Waals surface area contributed by atoms with Gasteiger partial charge in [-0.1, -0.05) is 71.6 Å². The molecular weight excluding hydrogens is 420 g/mol. The standard InChI is InChI=1S/C20H16N6O2S2/c27-17(13-29-19-21-11-16(23-25-19)14-7-3-1-4-8-14)22-20-26-24-18(30-20)12-28-15-9-5-2-6-10-15/h1-11H,12-13H2,(H,22,26,27). The van der Waals surface area contributed by atoms with Crippen LogP contribution in [0, 0.1) is 0 Å². The number of hydrogen-bond acceptors (Lipinski definition) is 9. The Balaban J connectivity index is 1.24. The number of nitrogens with one attached hydrogen (secondary N) is 1. The van der Waals surface area contributed by atoms with Crippen LogP contribution in [0.2, 0.25) is 0 Å². The average molecular weight is 437 g/mol. The SMILES string of the molecule is O=C(CSc1ncc(-c2ccccc2)nn1)Nc1nnc(COc2ccccc2)s1. The predicted octanol–water partition coefficient (Wildman–Crippen LogP) is 3.70. The van der Waals surface area contributed by atoms with Crippen LogP contribution >= 0.6 is 23.1 Å². The first kappa shape index (κ1) is 19.9. The number of nitrogens with zero attached hydrogens (tertiary/aromatic N) is 5. The second-order valence-electron chi connectivity index (χ2n) is 5.93. The minimum Gasteiger partial charge on any atom is -0.486 e. The molecule has 0 aliphatic carbocycles. The number of amides is 1. The van der Waals surface area contributed by atoms with Crippen LogP contribution < -0.4 is 10.1 Å². The Bertz CT molecular complexity index is 1090. The van der Waals surface area contributed by atoms with Gasteiger partial charge in [0.25, 0.3) is 0 Å². The minimum atomic E-state index is -0.220. The van der Waals surface area contributed by atoms with Crippen molar-refractivity contribution in [3.05, 3.63) is 71.9 Å². The van der Waals surface area contributed by atoms with E-state index in [0.717, 1.165) is 11.3 Å². The van der Waals surface area contributed by atoms with E-state index in [-0.39, 0.29) is 11.7 Å². The highest BCUT2D eigenvalue weighted by Crippen LogP contribution is 2.20. The van der Waals surface area contributed by atoms with E-state index in [1.165, 1.54) is 23.1 Å². The summed E-state index contributed by atoms with van der Waals surface area (Å²) < 4.78 is 5.62. The molecule has 0 unspecified atom stereocenters. The molecule has 150 valence electrons. The zero-order valence-corrected chi connectivity index (χ0v) is 17.3. The first-order valence-corrected chi connectivity index (χ1v) is 10.7. The van der Waals surface area contributed by atoms with Crippen molar-refractivity contribution in [1.29, 1.82) is 0 Å². The number of rotatable bonds is 8. The monoisotopic (exact) mass is 436 g/mol. The van der Waals surface area contributed by atoms with E-state index >= 15 is 0 Å². The largest absolute Gasteiger partial charge is 0.486 e. The molecule has 30 heavy (non-hydrogen) atoms. The van der Waals surface area contributed by atoms with Gasteiger partial charge in [-0.3, -0.25) is 10.1 Å². The van der Waals surface area contributed by atoms with E-state index in [2.05, 4.69) is 30.7 Å². The summed E-state index contributed by atoms with van der Waals surface area (Å²) in [4.78, 5) is 16.4. The number of thioether (sulfide) groups is 1. The van der Waals surface area contributed by atoms with Crippen LogP contribution in [0.1, 0.15) is 5.01 Å². The molecule has 4 aromatic rings. The minimum absolute atomic E-state index is 0.141. The summed E-state index contributed by atoms with van der Waals surface area (Å²) >= 11 is 2.47. The molecule has 0 aliphatic heterocycles. The Hall–Kier alpha value is -3.37. The number of ether oxygens (including phenoxy) is 1. The molecule has 4 rings (SSSR count). The molecule has 0 radical (unpaired) electrons. The molecule has 0 spiro atoms. The molecule has 0 aliphatic rings. The molecule has 1 amide bonds. The first-order chi connectivity index (χ1) is 14.8. The summed E-state index contributed by atoms with van der Waals surface area (Å²) in [5, 5.41) is 20.5. The summed E-state index contributed by atoms with van der Waals surface area (Å²) in [5.41, 5.74) is 1.62. The third-order valence-electron chi connectivity index (χ3n) is 3.76. The van der Waals surface area contributed by atoms with Crippen molar-refractivity contribution >= 4 is 34.1 Å². The number of carbonyl (C=O) groups excluding carboxylic acids is 1. The maximum Gasteiger partial charge on any atom is 0.236 e. The molecular formula is C20H16N6O2S2. The van der Waals surface area contributed by atoms with Crippen LogP contribution in [-0.4, -0.2) is 37.0 Å². The predicted molar refractivity (Wildman–Crippen MR) is 115 cm³/mol. The molecule has 0 saturated carbocycles. The van der Waals surface area contributed by atoms with Gasteiger partial charge in [0.05, 0.1) is 11.9 Å².